The molecule has 2 N–H and O–H groups in total. The number of nitrogens with one attached hydrogen (secondary N) is 2. The third kappa shape index (κ3) is 4.48. The van der Waals surface area contributed by atoms with E-state index in [9.17, 15) is 4.79 Å². The van der Waals surface area contributed by atoms with Gasteiger partial charge < -0.3 is 10.6 Å². The molecule has 0 bridgehead atoms. The van der Waals surface area contributed by atoms with E-state index in [4.69, 9.17) is 0 Å². The number of benzene rings is 1. The van der Waals surface area contributed by atoms with Gasteiger partial charge in [0.2, 0.25) is 0 Å². The second-order valence-corrected chi connectivity index (χ2v) is 6.26. The number of carbonyl (C=O) groups excluding carboxylic acids is 1. The van der Waals surface area contributed by atoms with E-state index < -0.39 is 0 Å². The highest BCUT2D eigenvalue weighted by Gasteiger charge is 2.18. The Hall–Kier alpha value is -1.51. The van der Waals surface area contributed by atoms with E-state index in [-0.39, 0.29) is 12.1 Å². The lowest BCUT2D eigenvalue weighted by molar-refractivity contribution is 0.228. The molecule has 1 aromatic rings. The van der Waals surface area contributed by atoms with Gasteiger partial charge in [0.05, 0.1) is 6.04 Å². The maximum absolute atomic E-state index is 12.2. The van der Waals surface area contributed by atoms with Crippen molar-refractivity contribution >= 4 is 6.03 Å². The van der Waals surface area contributed by atoms with E-state index in [2.05, 4.69) is 49.6 Å². The molecule has 1 aromatic carbocycles. The van der Waals surface area contributed by atoms with Gasteiger partial charge in [0.25, 0.3) is 0 Å². The average molecular weight is 288 g/mol. The van der Waals surface area contributed by atoms with Gasteiger partial charge in [-0.3, -0.25) is 0 Å². The second kappa shape index (κ2) is 7.48. The highest BCUT2D eigenvalue weighted by Crippen LogP contribution is 2.20. The maximum Gasteiger partial charge on any atom is 0.315 e. The van der Waals surface area contributed by atoms with Crippen LogP contribution in [0.4, 0.5) is 4.79 Å². The minimum absolute atomic E-state index is 0.0213. The third-order valence-corrected chi connectivity index (χ3v) is 4.59. The van der Waals surface area contributed by atoms with Gasteiger partial charge in [-0.05, 0) is 49.8 Å². The zero-order valence-electron chi connectivity index (χ0n) is 13.5. The quantitative estimate of drug-likeness (QED) is 0.847. The lowest BCUT2D eigenvalue weighted by Gasteiger charge is -2.25. The summed E-state index contributed by atoms with van der Waals surface area (Å²) in [7, 11) is 0. The lowest BCUT2D eigenvalue weighted by Crippen LogP contribution is -2.44. The van der Waals surface area contributed by atoms with Crippen molar-refractivity contribution in [2.75, 3.05) is 0 Å². The van der Waals surface area contributed by atoms with Crippen LogP contribution in [-0.2, 0) is 0 Å². The van der Waals surface area contributed by atoms with Crippen molar-refractivity contribution in [3.8, 4) is 0 Å². The van der Waals surface area contributed by atoms with Gasteiger partial charge in [0.1, 0.15) is 0 Å². The molecular formula is C18H28N2O. The van der Waals surface area contributed by atoms with Crippen molar-refractivity contribution in [3.05, 3.63) is 34.9 Å². The molecule has 1 saturated carbocycles. The van der Waals surface area contributed by atoms with Gasteiger partial charge in [-0.1, -0.05) is 44.4 Å². The molecule has 0 heterocycles. The molecule has 1 aliphatic carbocycles. The Morgan fingerprint density at radius 3 is 2.52 bits per heavy atom. The molecule has 3 heteroatoms. The van der Waals surface area contributed by atoms with E-state index in [1.165, 1.54) is 36.0 Å². The number of hydrogen-bond donors (Lipinski definition) is 2. The fourth-order valence-corrected chi connectivity index (χ4v) is 3.03. The predicted octanol–water partition coefficient (Wildman–Crippen LogP) is 4.39. The van der Waals surface area contributed by atoms with Gasteiger partial charge in [-0.2, -0.15) is 0 Å². The van der Waals surface area contributed by atoms with Crippen LogP contribution in [0.3, 0.4) is 0 Å². The first-order valence-electron chi connectivity index (χ1n) is 8.24. The van der Waals surface area contributed by atoms with E-state index in [0.717, 1.165) is 19.3 Å². The fraction of sp³-hybridized carbons (Fsp3) is 0.611. The summed E-state index contributed by atoms with van der Waals surface area (Å²) in [6, 6.07) is 6.87. The summed E-state index contributed by atoms with van der Waals surface area (Å²) in [5.41, 5.74) is 3.76. The molecule has 0 aromatic heterocycles. The minimum Gasteiger partial charge on any atom is -0.335 e. The number of hydrogen-bond acceptors (Lipinski definition) is 1. The normalized spacial score (nSPS) is 17.3. The van der Waals surface area contributed by atoms with Gasteiger partial charge in [-0.25, -0.2) is 4.79 Å². The molecule has 1 fully saturated rings. The predicted molar refractivity (Wildman–Crippen MR) is 87.5 cm³/mol. The summed E-state index contributed by atoms with van der Waals surface area (Å²) in [5.74, 6) is 0. The van der Waals surface area contributed by atoms with Crippen molar-refractivity contribution in [2.45, 2.75) is 71.4 Å². The topological polar surface area (TPSA) is 41.1 Å². The van der Waals surface area contributed by atoms with Crippen molar-refractivity contribution in [3.63, 3.8) is 0 Å². The molecule has 1 atom stereocenters. The molecule has 116 valence electrons. The smallest absolute Gasteiger partial charge is 0.315 e. The SMILES string of the molecule is CCC(NC(=O)NC1CCCCC1)c1ccc(C)c(C)c1. The summed E-state index contributed by atoms with van der Waals surface area (Å²) >= 11 is 0. The Morgan fingerprint density at radius 1 is 1.19 bits per heavy atom. The van der Waals surface area contributed by atoms with Crippen LogP contribution in [0.2, 0.25) is 0 Å². The van der Waals surface area contributed by atoms with Crippen LogP contribution in [0.15, 0.2) is 18.2 Å². The zero-order valence-corrected chi connectivity index (χ0v) is 13.5. The highest BCUT2D eigenvalue weighted by molar-refractivity contribution is 5.74. The summed E-state index contributed by atoms with van der Waals surface area (Å²) in [6.07, 6.45) is 6.92. The van der Waals surface area contributed by atoms with Crippen LogP contribution < -0.4 is 10.6 Å². The monoisotopic (exact) mass is 288 g/mol. The molecule has 3 nitrogen and oxygen atoms in total. The Balaban J connectivity index is 1.94. The van der Waals surface area contributed by atoms with Crippen LogP contribution in [0.25, 0.3) is 0 Å². The largest absolute Gasteiger partial charge is 0.335 e. The van der Waals surface area contributed by atoms with Gasteiger partial charge in [0.15, 0.2) is 0 Å². The number of carbonyl (C=O) groups is 1. The molecule has 2 amide bonds. The van der Waals surface area contributed by atoms with Gasteiger partial charge in [-0.15, -0.1) is 0 Å². The number of urea groups is 1. The van der Waals surface area contributed by atoms with E-state index in [1.807, 2.05) is 0 Å². The molecule has 1 unspecified atom stereocenters. The Bertz CT molecular complexity index is 478. The molecular weight excluding hydrogens is 260 g/mol. The Labute approximate surface area is 128 Å². The number of amides is 2. The summed E-state index contributed by atoms with van der Waals surface area (Å²) in [6.45, 7) is 6.34. The first-order chi connectivity index (χ1) is 10.1. The summed E-state index contributed by atoms with van der Waals surface area (Å²) in [4.78, 5) is 12.2. The van der Waals surface area contributed by atoms with Gasteiger partial charge >= 0.3 is 6.03 Å². The first-order valence-corrected chi connectivity index (χ1v) is 8.24. The fourth-order valence-electron chi connectivity index (χ4n) is 3.03. The van der Waals surface area contributed by atoms with E-state index in [1.54, 1.807) is 0 Å². The molecule has 0 spiro atoms. The Kier molecular flexibility index (Phi) is 5.66. The zero-order chi connectivity index (χ0) is 15.2. The molecule has 21 heavy (non-hydrogen) atoms. The van der Waals surface area contributed by atoms with Crippen molar-refractivity contribution in [1.82, 2.24) is 10.6 Å². The van der Waals surface area contributed by atoms with Crippen molar-refractivity contribution < 1.29 is 4.79 Å². The van der Waals surface area contributed by atoms with Crippen LogP contribution in [-0.4, -0.2) is 12.1 Å². The van der Waals surface area contributed by atoms with E-state index in [0.29, 0.717) is 6.04 Å². The average Bonchev–Trinajstić information content (AvgIpc) is 2.49. The summed E-state index contributed by atoms with van der Waals surface area (Å²) < 4.78 is 0. The third-order valence-electron chi connectivity index (χ3n) is 4.59. The van der Waals surface area contributed by atoms with Gasteiger partial charge in [0, 0.05) is 6.04 Å². The molecule has 0 aliphatic heterocycles. The number of rotatable bonds is 4. The maximum atomic E-state index is 12.2. The summed E-state index contributed by atoms with van der Waals surface area (Å²) in [5, 5.41) is 6.26. The van der Waals surface area contributed by atoms with Crippen LogP contribution in [0.1, 0.15) is 68.2 Å². The number of aryl methyl sites for hydroxylation is 2. The first kappa shape index (κ1) is 15.9. The van der Waals surface area contributed by atoms with Crippen LogP contribution in [0, 0.1) is 13.8 Å². The van der Waals surface area contributed by atoms with E-state index >= 15 is 0 Å². The Morgan fingerprint density at radius 2 is 1.90 bits per heavy atom. The van der Waals surface area contributed by atoms with Crippen LogP contribution in [0.5, 0.6) is 0 Å². The standard InChI is InChI=1S/C18H28N2O/c1-4-17(15-11-10-13(2)14(3)12-15)20-18(21)19-16-8-6-5-7-9-16/h10-12,16-17H,4-9H2,1-3H3,(H2,19,20,21). The molecule has 0 radical (unpaired) electrons. The van der Waals surface area contributed by atoms with Crippen molar-refractivity contribution in [2.24, 2.45) is 0 Å². The molecule has 1 aliphatic rings. The van der Waals surface area contributed by atoms with Crippen molar-refractivity contribution in [1.29, 1.82) is 0 Å². The molecule has 2 rings (SSSR count). The molecule has 0 saturated heterocycles. The second-order valence-electron chi connectivity index (χ2n) is 6.26. The minimum atomic E-state index is -0.0213. The lowest BCUT2D eigenvalue weighted by atomic mass is 9.95. The van der Waals surface area contributed by atoms with Crippen LogP contribution >= 0.6 is 0 Å². The highest BCUT2D eigenvalue weighted by atomic mass is 16.2.